The molecule has 0 aromatic heterocycles. The molecule has 0 spiro atoms. The van der Waals surface area contributed by atoms with Gasteiger partial charge >= 0.3 is 5.97 Å². The van der Waals surface area contributed by atoms with E-state index in [0.717, 1.165) is 23.1 Å². The maximum absolute atomic E-state index is 11.2. The lowest BCUT2D eigenvalue weighted by atomic mass is 9.97. The molecule has 0 unspecified atom stereocenters. The van der Waals surface area contributed by atoms with E-state index in [1.165, 1.54) is 7.11 Å². The number of methoxy groups -OCH3 is 1. The molecule has 3 nitrogen and oxygen atoms in total. The first-order valence-corrected chi connectivity index (χ1v) is 5.53. The lowest BCUT2D eigenvalue weighted by Gasteiger charge is -2.12. The van der Waals surface area contributed by atoms with E-state index in [2.05, 4.69) is 4.74 Å². The largest absolute Gasteiger partial charge is 0.507 e. The Bertz CT molecular complexity index is 383. The van der Waals surface area contributed by atoms with Gasteiger partial charge in [-0.2, -0.15) is 0 Å². The highest BCUT2D eigenvalue weighted by molar-refractivity contribution is 5.73. The number of hydrogen-bond donors (Lipinski definition) is 1. The van der Waals surface area contributed by atoms with Crippen LogP contribution in [-0.4, -0.2) is 18.2 Å². The fraction of sp³-hybridized carbons (Fsp3) is 0.462. The van der Waals surface area contributed by atoms with Crippen molar-refractivity contribution in [2.24, 2.45) is 0 Å². The lowest BCUT2D eigenvalue weighted by molar-refractivity contribution is -0.139. The van der Waals surface area contributed by atoms with Gasteiger partial charge in [0.1, 0.15) is 5.75 Å². The first-order valence-electron chi connectivity index (χ1n) is 5.53. The highest BCUT2D eigenvalue weighted by Crippen LogP contribution is 2.27. The van der Waals surface area contributed by atoms with Crippen molar-refractivity contribution in [1.29, 1.82) is 0 Å². The van der Waals surface area contributed by atoms with Gasteiger partial charge in [0.2, 0.25) is 0 Å². The molecule has 0 aliphatic carbocycles. The van der Waals surface area contributed by atoms with Crippen molar-refractivity contribution in [3.8, 4) is 5.75 Å². The summed E-state index contributed by atoms with van der Waals surface area (Å²) in [5.41, 5.74) is 2.62. The van der Waals surface area contributed by atoms with E-state index in [9.17, 15) is 9.90 Å². The monoisotopic (exact) mass is 222 g/mol. The van der Waals surface area contributed by atoms with Crippen LogP contribution < -0.4 is 0 Å². The minimum absolute atomic E-state index is 0.219. The molecule has 1 aromatic carbocycles. The molecule has 1 N–H and O–H groups in total. The zero-order valence-electron chi connectivity index (χ0n) is 10.0. The molecule has 16 heavy (non-hydrogen) atoms. The van der Waals surface area contributed by atoms with Crippen molar-refractivity contribution in [1.82, 2.24) is 0 Å². The summed E-state index contributed by atoms with van der Waals surface area (Å²) in [6, 6.07) is 3.76. The quantitative estimate of drug-likeness (QED) is 0.795. The summed E-state index contributed by atoms with van der Waals surface area (Å²) >= 11 is 0. The van der Waals surface area contributed by atoms with E-state index in [1.807, 2.05) is 26.0 Å². The predicted octanol–water partition coefficient (Wildman–Crippen LogP) is 2.23. The SMILES string of the molecule is CCc1ccc(CC(=O)OC)c(CC)c1O. The molecule has 0 saturated heterocycles. The second-order valence-electron chi connectivity index (χ2n) is 3.67. The van der Waals surface area contributed by atoms with Gasteiger partial charge in [-0.15, -0.1) is 0 Å². The van der Waals surface area contributed by atoms with Crippen LogP contribution in [0.15, 0.2) is 12.1 Å². The van der Waals surface area contributed by atoms with Crippen molar-refractivity contribution in [3.05, 3.63) is 28.8 Å². The number of hydrogen-bond acceptors (Lipinski definition) is 3. The summed E-state index contributed by atoms with van der Waals surface area (Å²) in [6.45, 7) is 3.96. The molecular weight excluding hydrogens is 204 g/mol. The van der Waals surface area contributed by atoms with E-state index >= 15 is 0 Å². The Kier molecular flexibility index (Phi) is 4.35. The van der Waals surface area contributed by atoms with Gasteiger partial charge in [0, 0.05) is 0 Å². The van der Waals surface area contributed by atoms with Crippen LogP contribution in [0, 0.1) is 0 Å². The van der Waals surface area contributed by atoms with E-state index < -0.39 is 0 Å². The van der Waals surface area contributed by atoms with Gasteiger partial charge in [0.15, 0.2) is 0 Å². The molecule has 0 atom stereocenters. The maximum Gasteiger partial charge on any atom is 0.309 e. The van der Waals surface area contributed by atoms with Crippen molar-refractivity contribution in [2.45, 2.75) is 33.1 Å². The van der Waals surface area contributed by atoms with Crippen LogP contribution in [0.1, 0.15) is 30.5 Å². The maximum atomic E-state index is 11.2. The second kappa shape index (κ2) is 5.54. The molecule has 0 heterocycles. The van der Waals surface area contributed by atoms with Gasteiger partial charge < -0.3 is 9.84 Å². The van der Waals surface area contributed by atoms with Crippen LogP contribution in [0.4, 0.5) is 0 Å². The molecule has 0 amide bonds. The van der Waals surface area contributed by atoms with Crippen LogP contribution in [0.5, 0.6) is 5.75 Å². The van der Waals surface area contributed by atoms with Gasteiger partial charge in [-0.1, -0.05) is 26.0 Å². The average molecular weight is 222 g/mol. The number of aromatic hydroxyl groups is 1. The van der Waals surface area contributed by atoms with Crippen LogP contribution >= 0.6 is 0 Å². The zero-order valence-corrected chi connectivity index (χ0v) is 10.0. The van der Waals surface area contributed by atoms with E-state index in [0.29, 0.717) is 12.2 Å². The minimum Gasteiger partial charge on any atom is -0.507 e. The summed E-state index contributed by atoms with van der Waals surface area (Å²) in [6.07, 6.45) is 1.72. The highest BCUT2D eigenvalue weighted by Gasteiger charge is 2.13. The zero-order chi connectivity index (χ0) is 12.1. The summed E-state index contributed by atoms with van der Waals surface area (Å²) in [5.74, 6) is 0.0461. The standard InChI is InChI=1S/C13H18O3/c1-4-9-6-7-10(8-12(14)16-3)11(5-2)13(9)15/h6-7,15H,4-5,8H2,1-3H3. The van der Waals surface area contributed by atoms with E-state index in [1.54, 1.807) is 0 Å². The Balaban J connectivity index is 3.10. The Morgan fingerprint density at radius 1 is 1.25 bits per heavy atom. The molecule has 1 aromatic rings. The van der Waals surface area contributed by atoms with Crippen molar-refractivity contribution in [3.63, 3.8) is 0 Å². The number of carbonyl (C=O) groups excluding carboxylic acids is 1. The second-order valence-corrected chi connectivity index (χ2v) is 3.67. The summed E-state index contributed by atoms with van der Waals surface area (Å²) in [7, 11) is 1.37. The van der Waals surface area contributed by atoms with Crippen molar-refractivity contribution >= 4 is 5.97 Å². The molecule has 0 radical (unpaired) electrons. The number of aryl methyl sites for hydroxylation is 1. The number of esters is 1. The fourth-order valence-electron chi connectivity index (χ4n) is 1.80. The Morgan fingerprint density at radius 3 is 2.38 bits per heavy atom. The first-order chi connectivity index (χ1) is 7.63. The Labute approximate surface area is 96.1 Å². The molecule has 0 fully saturated rings. The summed E-state index contributed by atoms with van der Waals surface area (Å²) < 4.78 is 4.63. The number of benzene rings is 1. The van der Waals surface area contributed by atoms with Crippen LogP contribution in [0.3, 0.4) is 0 Å². The molecule has 1 rings (SSSR count). The number of ether oxygens (including phenoxy) is 1. The van der Waals surface area contributed by atoms with Gasteiger partial charge in [-0.25, -0.2) is 0 Å². The molecule has 0 aliphatic heterocycles. The molecule has 0 saturated carbocycles. The lowest BCUT2D eigenvalue weighted by Crippen LogP contribution is -2.07. The first kappa shape index (κ1) is 12.6. The topological polar surface area (TPSA) is 46.5 Å². The van der Waals surface area contributed by atoms with Crippen LogP contribution in [0.25, 0.3) is 0 Å². The third-order valence-corrected chi connectivity index (χ3v) is 2.76. The summed E-state index contributed by atoms with van der Waals surface area (Å²) in [5, 5.41) is 10.0. The van der Waals surface area contributed by atoms with E-state index in [-0.39, 0.29) is 12.4 Å². The molecule has 0 aliphatic rings. The Morgan fingerprint density at radius 2 is 1.88 bits per heavy atom. The smallest absolute Gasteiger partial charge is 0.309 e. The minimum atomic E-state index is -0.279. The number of phenolic OH excluding ortho intramolecular Hbond substituents is 1. The summed E-state index contributed by atoms with van der Waals surface area (Å²) in [4.78, 5) is 11.2. The normalized spacial score (nSPS) is 10.2. The predicted molar refractivity (Wildman–Crippen MR) is 62.6 cm³/mol. The van der Waals surface area contributed by atoms with Gasteiger partial charge in [-0.3, -0.25) is 4.79 Å². The molecule has 88 valence electrons. The Hall–Kier alpha value is -1.51. The van der Waals surface area contributed by atoms with E-state index in [4.69, 9.17) is 0 Å². The molecule has 3 heteroatoms. The number of carbonyl (C=O) groups is 1. The van der Waals surface area contributed by atoms with Crippen molar-refractivity contribution < 1.29 is 14.6 Å². The number of rotatable bonds is 4. The third-order valence-electron chi connectivity index (χ3n) is 2.76. The number of phenols is 1. The third kappa shape index (κ3) is 2.54. The molecule has 0 bridgehead atoms. The molecular formula is C13H18O3. The van der Waals surface area contributed by atoms with Gasteiger partial charge in [-0.05, 0) is 29.5 Å². The van der Waals surface area contributed by atoms with Gasteiger partial charge in [0.05, 0.1) is 13.5 Å². The fourth-order valence-corrected chi connectivity index (χ4v) is 1.80. The van der Waals surface area contributed by atoms with Crippen LogP contribution in [-0.2, 0) is 28.8 Å². The average Bonchev–Trinajstić information content (AvgIpc) is 2.29. The van der Waals surface area contributed by atoms with Gasteiger partial charge in [0.25, 0.3) is 0 Å². The van der Waals surface area contributed by atoms with Crippen LogP contribution in [0.2, 0.25) is 0 Å². The highest BCUT2D eigenvalue weighted by atomic mass is 16.5. The van der Waals surface area contributed by atoms with Crippen molar-refractivity contribution in [2.75, 3.05) is 7.11 Å².